The van der Waals surface area contributed by atoms with Crippen LogP contribution in [0.1, 0.15) is 5.69 Å². The van der Waals surface area contributed by atoms with E-state index in [4.69, 9.17) is 14.7 Å². The van der Waals surface area contributed by atoms with Gasteiger partial charge in [-0.2, -0.15) is 5.26 Å². The van der Waals surface area contributed by atoms with Gasteiger partial charge in [0.1, 0.15) is 23.3 Å². The van der Waals surface area contributed by atoms with Crippen LogP contribution in [0.5, 0.6) is 17.2 Å². The molecule has 24 heavy (non-hydrogen) atoms. The van der Waals surface area contributed by atoms with Crippen LogP contribution in [0, 0.1) is 11.3 Å². The van der Waals surface area contributed by atoms with Crippen LogP contribution < -0.4 is 14.8 Å². The minimum Gasteiger partial charge on any atom is -0.497 e. The molecule has 0 bridgehead atoms. The first-order chi connectivity index (χ1) is 11.8. The molecule has 0 aliphatic carbocycles. The fraction of sp³-hybridized carbons (Fsp3) is 0.0556. The minimum absolute atomic E-state index is 0.245. The number of rotatable bonds is 5. The maximum Gasteiger partial charge on any atom is 0.183 e. The van der Waals surface area contributed by atoms with E-state index in [1.807, 2.05) is 54.6 Å². The van der Waals surface area contributed by atoms with Crippen molar-refractivity contribution in [2.45, 2.75) is 0 Å². The summed E-state index contributed by atoms with van der Waals surface area (Å²) in [7, 11) is 1.61. The third-order valence-corrected chi connectivity index (χ3v) is 3.20. The van der Waals surface area contributed by atoms with Crippen molar-refractivity contribution in [2.24, 2.45) is 0 Å². The monoisotopic (exact) mass is 318 g/mol. The molecule has 0 aliphatic heterocycles. The first kappa shape index (κ1) is 15.3. The number of methoxy groups -OCH3 is 1. The van der Waals surface area contributed by atoms with Crippen LogP contribution in [0.3, 0.4) is 0 Å². The first-order valence-corrected chi connectivity index (χ1v) is 7.18. The van der Waals surface area contributed by atoms with Crippen molar-refractivity contribution < 1.29 is 9.47 Å². The lowest BCUT2D eigenvalue weighted by molar-refractivity contribution is 0.409. The van der Waals surface area contributed by atoms with E-state index in [1.54, 1.807) is 7.11 Å². The van der Waals surface area contributed by atoms with Gasteiger partial charge in [-0.15, -0.1) is 0 Å². The summed E-state index contributed by atoms with van der Waals surface area (Å²) in [5.74, 6) is 2.53. The van der Waals surface area contributed by atoms with Gasteiger partial charge in [0.05, 0.1) is 7.11 Å². The van der Waals surface area contributed by atoms with Crippen molar-refractivity contribution >= 4 is 11.5 Å². The Kier molecular flexibility index (Phi) is 4.54. The molecule has 0 atom stereocenters. The summed E-state index contributed by atoms with van der Waals surface area (Å²) in [5, 5.41) is 12.1. The van der Waals surface area contributed by atoms with Crippen molar-refractivity contribution in [3.05, 3.63) is 66.6 Å². The quantitative estimate of drug-likeness (QED) is 0.768. The SMILES string of the molecule is COc1cccc(Oc2ccc(Nc3nccnc3C#N)cc2)c1. The molecule has 1 aromatic heterocycles. The zero-order valence-electron chi connectivity index (χ0n) is 12.9. The maximum atomic E-state index is 9.02. The van der Waals surface area contributed by atoms with E-state index in [9.17, 15) is 0 Å². The second-order valence-electron chi connectivity index (χ2n) is 4.80. The zero-order chi connectivity index (χ0) is 16.8. The number of nitrogens with zero attached hydrogens (tertiary/aromatic N) is 3. The molecule has 2 aromatic carbocycles. The third-order valence-electron chi connectivity index (χ3n) is 3.20. The lowest BCUT2D eigenvalue weighted by Gasteiger charge is -2.09. The van der Waals surface area contributed by atoms with E-state index in [2.05, 4.69) is 15.3 Å². The molecular weight excluding hydrogens is 304 g/mol. The average Bonchev–Trinajstić information content (AvgIpc) is 2.64. The van der Waals surface area contributed by atoms with Crippen LogP contribution in [0.25, 0.3) is 0 Å². The summed E-state index contributed by atoms with van der Waals surface area (Å²) < 4.78 is 11.0. The van der Waals surface area contributed by atoms with Gasteiger partial charge in [0.15, 0.2) is 11.5 Å². The van der Waals surface area contributed by atoms with Crippen molar-refractivity contribution in [2.75, 3.05) is 12.4 Å². The predicted octanol–water partition coefficient (Wildman–Crippen LogP) is 3.89. The van der Waals surface area contributed by atoms with E-state index < -0.39 is 0 Å². The predicted molar refractivity (Wildman–Crippen MR) is 89.5 cm³/mol. The Bertz CT molecular complexity index is 873. The summed E-state index contributed by atoms with van der Waals surface area (Å²) >= 11 is 0. The van der Waals surface area contributed by atoms with Gasteiger partial charge < -0.3 is 14.8 Å². The highest BCUT2D eigenvalue weighted by Crippen LogP contribution is 2.26. The molecule has 0 aliphatic rings. The van der Waals surface area contributed by atoms with E-state index in [0.717, 1.165) is 11.4 Å². The smallest absolute Gasteiger partial charge is 0.183 e. The van der Waals surface area contributed by atoms with Crippen molar-refractivity contribution in [3.8, 4) is 23.3 Å². The van der Waals surface area contributed by atoms with Gasteiger partial charge in [0.25, 0.3) is 0 Å². The molecule has 0 spiro atoms. The molecule has 6 heteroatoms. The van der Waals surface area contributed by atoms with Gasteiger partial charge in [0, 0.05) is 24.1 Å². The van der Waals surface area contributed by atoms with Crippen LogP contribution in [0.2, 0.25) is 0 Å². The van der Waals surface area contributed by atoms with Crippen LogP contribution in [-0.4, -0.2) is 17.1 Å². The van der Waals surface area contributed by atoms with E-state index >= 15 is 0 Å². The van der Waals surface area contributed by atoms with Crippen LogP contribution in [0.15, 0.2) is 60.9 Å². The molecule has 0 saturated carbocycles. The number of benzene rings is 2. The average molecular weight is 318 g/mol. The van der Waals surface area contributed by atoms with Crippen molar-refractivity contribution in [1.82, 2.24) is 9.97 Å². The second-order valence-corrected chi connectivity index (χ2v) is 4.80. The standard InChI is InChI=1S/C18H14N4O2/c1-23-15-3-2-4-16(11-15)24-14-7-5-13(6-8-14)22-18-17(12-19)20-9-10-21-18/h2-11H,1H3,(H,21,22). The van der Waals surface area contributed by atoms with Gasteiger partial charge in [-0.3, -0.25) is 0 Å². The minimum atomic E-state index is 0.245. The fourth-order valence-electron chi connectivity index (χ4n) is 2.06. The molecule has 3 aromatic rings. The Morgan fingerprint density at radius 2 is 1.71 bits per heavy atom. The largest absolute Gasteiger partial charge is 0.497 e. The molecule has 0 saturated heterocycles. The molecule has 6 nitrogen and oxygen atoms in total. The van der Waals surface area contributed by atoms with Gasteiger partial charge in [-0.25, -0.2) is 9.97 Å². The number of hydrogen-bond acceptors (Lipinski definition) is 6. The molecule has 0 radical (unpaired) electrons. The third kappa shape index (κ3) is 3.59. The first-order valence-electron chi connectivity index (χ1n) is 7.18. The van der Waals surface area contributed by atoms with Crippen LogP contribution in [0.4, 0.5) is 11.5 Å². The molecule has 0 fully saturated rings. The van der Waals surface area contributed by atoms with Gasteiger partial charge in [-0.05, 0) is 36.4 Å². The van der Waals surface area contributed by atoms with Gasteiger partial charge in [-0.1, -0.05) is 6.07 Å². The van der Waals surface area contributed by atoms with Crippen molar-refractivity contribution in [3.63, 3.8) is 0 Å². The molecule has 1 heterocycles. The fourth-order valence-corrected chi connectivity index (χ4v) is 2.06. The molecule has 0 amide bonds. The number of hydrogen-bond donors (Lipinski definition) is 1. The Labute approximate surface area is 139 Å². The van der Waals surface area contributed by atoms with Crippen LogP contribution >= 0.6 is 0 Å². The van der Waals surface area contributed by atoms with Gasteiger partial charge in [0.2, 0.25) is 0 Å². The summed E-state index contributed by atoms with van der Waals surface area (Å²) in [6.45, 7) is 0. The Morgan fingerprint density at radius 3 is 2.46 bits per heavy atom. The highest BCUT2D eigenvalue weighted by Gasteiger charge is 2.05. The number of aromatic nitrogens is 2. The topological polar surface area (TPSA) is 80.1 Å². The summed E-state index contributed by atoms with van der Waals surface area (Å²) in [4.78, 5) is 8.07. The lowest BCUT2D eigenvalue weighted by atomic mass is 10.3. The lowest BCUT2D eigenvalue weighted by Crippen LogP contribution is -1.98. The summed E-state index contributed by atoms with van der Waals surface area (Å²) in [5.41, 5.74) is 1.03. The normalized spacial score (nSPS) is 9.83. The number of nitrogens with one attached hydrogen (secondary N) is 1. The summed E-state index contributed by atoms with van der Waals surface area (Å²) in [6, 6.07) is 16.7. The number of ether oxygens (including phenoxy) is 2. The molecule has 118 valence electrons. The number of anilines is 2. The Morgan fingerprint density at radius 1 is 0.958 bits per heavy atom. The molecule has 3 rings (SSSR count). The second kappa shape index (κ2) is 7.11. The van der Waals surface area contributed by atoms with E-state index in [0.29, 0.717) is 17.3 Å². The van der Waals surface area contributed by atoms with Crippen molar-refractivity contribution in [1.29, 1.82) is 5.26 Å². The molecule has 1 N–H and O–H groups in total. The maximum absolute atomic E-state index is 9.02. The van der Waals surface area contributed by atoms with E-state index in [-0.39, 0.29) is 5.69 Å². The molecule has 0 unspecified atom stereocenters. The number of nitriles is 1. The Hall–Kier alpha value is -3.59. The Balaban J connectivity index is 1.72. The summed E-state index contributed by atoms with van der Waals surface area (Å²) in [6.07, 6.45) is 3.01. The molecular formula is C18H14N4O2. The van der Waals surface area contributed by atoms with E-state index in [1.165, 1.54) is 12.4 Å². The highest BCUT2D eigenvalue weighted by atomic mass is 16.5. The van der Waals surface area contributed by atoms with Crippen LogP contribution in [-0.2, 0) is 0 Å². The highest BCUT2D eigenvalue weighted by molar-refractivity contribution is 5.61. The van der Waals surface area contributed by atoms with Gasteiger partial charge >= 0.3 is 0 Å². The zero-order valence-corrected chi connectivity index (χ0v) is 12.9.